The number of nitrogens with one attached hydrogen (secondary N) is 1. The lowest BCUT2D eigenvalue weighted by atomic mass is 10.0. The summed E-state index contributed by atoms with van der Waals surface area (Å²) in [4.78, 5) is 19.0. The molecule has 0 spiro atoms. The van der Waals surface area contributed by atoms with Crippen LogP contribution in [0.25, 0.3) is 78.3 Å². The van der Waals surface area contributed by atoms with E-state index in [1.54, 1.807) is 12.4 Å². The molecule has 1 N–H and O–H groups in total. The number of aromatic nitrogens is 5. The number of benzene rings is 4. The van der Waals surface area contributed by atoms with Gasteiger partial charge in [0.25, 0.3) is 0 Å². The van der Waals surface area contributed by atoms with Crippen molar-refractivity contribution in [3.63, 3.8) is 0 Å². The molecule has 0 fully saturated rings. The van der Waals surface area contributed by atoms with Crippen LogP contribution in [0, 0.1) is 0 Å². The van der Waals surface area contributed by atoms with E-state index < -0.39 is 0 Å². The second kappa shape index (κ2) is 10.7. The van der Waals surface area contributed by atoms with Crippen LogP contribution in [-0.2, 0) is 0 Å². The zero-order chi connectivity index (χ0) is 30.5. The number of hydrogen-bond donors (Lipinski definition) is 1. The maximum atomic E-state index is 6.48. The molecule has 1 aliphatic heterocycles. The van der Waals surface area contributed by atoms with E-state index in [0.717, 1.165) is 78.8 Å². The van der Waals surface area contributed by atoms with E-state index in [1.165, 1.54) is 0 Å². The van der Waals surface area contributed by atoms with Gasteiger partial charge in [-0.05, 0) is 78.5 Å². The van der Waals surface area contributed by atoms with Crippen molar-refractivity contribution in [3.05, 3.63) is 146 Å². The van der Waals surface area contributed by atoms with Crippen molar-refractivity contribution in [1.82, 2.24) is 29.8 Å². The summed E-state index contributed by atoms with van der Waals surface area (Å²) in [7, 11) is 0. The van der Waals surface area contributed by atoms with Gasteiger partial charge in [0.1, 0.15) is 5.52 Å². The normalized spacial score (nSPS) is 12.9. The highest BCUT2D eigenvalue weighted by Gasteiger charge is 2.19. The van der Waals surface area contributed by atoms with Gasteiger partial charge >= 0.3 is 0 Å². The SMILES string of the molecule is C1=CC(c2cc(-c3cccc(-n4c5ccccc5c5c6oc(-c7ccccc7)nc6ccc54)c3)nc(-c3ccncc3)n2)=CCN1. The van der Waals surface area contributed by atoms with Crippen LogP contribution in [0.4, 0.5) is 0 Å². The molecule has 7 nitrogen and oxygen atoms in total. The second-order valence-corrected chi connectivity index (χ2v) is 11.2. The zero-order valence-corrected chi connectivity index (χ0v) is 24.6. The largest absolute Gasteiger partial charge is 0.435 e. The maximum absolute atomic E-state index is 6.48. The van der Waals surface area contributed by atoms with E-state index in [9.17, 15) is 0 Å². The molecular weight excluding hydrogens is 568 g/mol. The fraction of sp³-hybridized carbons (Fsp3) is 0.0256. The number of pyridine rings is 1. The maximum Gasteiger partial charge on any atom is 0.227 e. The van der Waals surface area contributed by atoms with Crippen molar-refractivity contribution >= 4 is 38.5 Å². The number of para-hydroxylation sites is 1. The van der Waals surface area contributed by atoms with Crippen LogP contribution in [0.5, 0.6) is 0 Å². The van der Waals surface area contributed by atoms with Gasteiger partial charge in [0.2, 0.25) is 5.89 Å². The Hall–Kier alpha value is -6.34. The van der Waals surface area contributed by atoms with E-state index in [2.05, 4.69) is 81.6 Å². The van der Waals surface area contributed by atoms with Crippen molar-refractivity contribution in [2.45, 2.75) is 0 Å². The number of oxazole rings is 1. The molecule has 9 rings (SSSR count). The predicted molar refractivity (Wildman–Crippen MR) is 183 cm³/mol. The Labute approximate surface area is 264 Å². The molecule has 4 aromatic carbocycles. The van der Waals surface area contributed by atoms with Gasteiger partial charge in [0.05, 0.1) is 27.8 Å². The first-order valence-corrected chi connectivity index (χ1v) is 15.2. The van der Waals surface area contributed by atoms with Crippen LogP contribution < -0.4 is 5.32 Å². The Kier molecular flexibility index (Phi) is 6.06. The van der Waals surface area contributed by atoms with E-state index in [-0.39, 0.29) is 0 Å². The number of rotatable bonds is 5. The number of hydrogen-bond acceptors (Lipinski definition) is 6. The number of allylic oxidation sites excluding steroid dienone is 2. The number of nitrogens with zero attached hydrogens (tertiary/aromatic N) is 5. The molecule has 4 aromatic heterocycles. The molecule has 1 aliphatic rings. The summed E-state index contributed by atoms with van der Waals surface area (Å²) in [5, 5.41) is 5.38. The fourth-order valence-electron chi connectivity index (χ4n) is 6.24. The van der Waals surface area contributed by atoms with Gasteiger partial charge in [-0.3, -0.25) is 4.98 Å². The topological polar surface area (TPSA) is 81.7 Å². The lowest BCUT2D eigenvalue weighted by Crippen LogP contribution is -2.09. The highest BCUT2D eigenvalue weighted by Crippen LogP contribution is 2.39. The minimum atomic E-state index is 0.616. The van der Waals surface area contributed by atoms with Crippen LogP contribution in [0.15, 0.2) is 144 Å². The third-order valence-electron chi connectivity index (χ3n) is 8.39. The fourth-order valence-corrected chi connectivity index (χ4v) is 6.24. The summed E-state index contributed by atoms with van der Waals surface area (Å²) in [6.45, 7) is 0.754. The summed E-state index contributed by atoms with van der Waals surface area (Å²) >= 11 is 0. The highest BCUT2D eigenvalue weighted by atomic mass is 16.3. The zero-order valence-electron chi connectivity index (χ0n) is 24.6. The predicted octanol–water partition coefficient (Wildman–Crippen LogP) is 8.61. The molecular formula is C39H26N6O. The highest BCUT2D eigenvalue weighted by molar-refractivity contribution is 6.19. The molecule has 0 saturated carbocycles. The van der Waals surface area contributed by atoms with Crippen LogP contribution >= 0.6 is 0 Å². The van der Waals surface area contributed by atoms with Gasteiger partial charge in [0, 0.05) is 46.7 Å². The van der Waals surface area contributed by atoms with Gasteiger partial charge in [-0.1, -0.05) is 54.6 Å². The van der Waals surface area contributed by atoms with Crippen molar-refractivity contribution in [2.24, 2.45) is 0 Å². The standard InChI is InChI=1S/C39H26N6O/c1-2-7-27(8-3-1)39-44-31-13-14-35-36(37(31)46-39)30-11-4-5-12-34(30)45(35)29-10-6-9-28(23-29)33-24-32(25-15-19-40-20-16-25)42-38(43-33)26-17-21-41-22-18-26/h1-19,21-24,40H,20H2. The molecule has 0 bridgehead atoms. The van der Waals surface area contributed by atoms with Crippen molar-refractivity contribution in [1.29, 1.82) is 0 Å². The van der Waals surface area contributed by atoms with Gasteiger partial charge in [0.15, 0.2) is 11.4 Å². The van der Waals surface area contributed by atoms with E-state index in [0.29, 0.717) is 11.7 Å². The lowest BCUT2D eigenvalue weighted by Gasteiger charge is -2.13. The Balaban J connectivity index is 1.23. The first kappa shape index (κ1) is 26.1. The van der Waals surface area contributed by atoms with Gasteiger partial charge in [-0.2, -0.15) is 0 Å². The molecule has 0 amide bonds. The first-order chi connectivity index (χ1) is 22.8. The summed E-state index contributed by atoms with van der Waals surface area (Å²) in [6.07, 6.45) is 9.69. The first-order valence-electron chi connectivity index (χ1n) is 15.2. The Bertz CT molecular complexity index is 2470. The summed E-state index contributed by atoms with van der Waals surface area (Å²) in [5.41, 5.74) is 10.4. The van der Waals surface area contributed by atoms with Crippen LogP contribution in [-0.4, -0.2) is 31.0 Å². The average Bonchev–Trinajstić information content (AvgIpc) is 3.72. The van der Waals surface area contributed by atoms with Gasteiger partial charge < -0.3 is 14.3 Å². The molecule has 8 aromatic rings. The molecule has 46 heavy (non-hydrogen) atoms. The molecule has 0 unspecified atom stereocenters. The quantitative estimate of drug-likeness (QED) is 0.215. The van der Waals surface area contributed by atoms with E-state index in [1.807, 2.05) is 60.8 Å². The lowest BCUT2D eigenvalue weighted by molar-refractivity contribution is 0.623. The average molecular weight is 595 g/mol. The molecule has 218 valence electrons. The summed E-state index contributed by atoms with van der Waals surface area (Å²) < 4.78 is 8.78. The number of dihydropyridines is 1. The van der Waals surface area contributed by atoms with Crippen LogP contribution in [0.1, 0.15) is 5.69 Å². The second-order valence-electron chi connectivity index (χ2n) is 11.2. The smallest absolute Gasteiger partial charge is 0.227 e. The van der Waals surface area contributed by atoms with E-state index in [4.69, 9.17) is 19.4 Å². The van der Waals surface area contributed by atoms with Crippen molar-refractivity contribution in [2.75, 3.05) is 6.54 Å². The Morgan fingerprint density at radius 1 is 0.674 bits per heavy atom. The van der Waals surface area contributed by atoms with E-state index >= 15 is 0 Å². The number of fused-ring (bicyclic) bond motifs is 5. The monoisotopic (exact) mass is 594 g/mol. The Morgan fingerprint density at radius 3 is 2.37 bits per heavy atom. The van der Waals surface area contributed by atoms with Crippen LogP contribution in [0.3, 0.4) is 0 Å². The minimum Gasteiger partial charge on any atom is -0.435 e. The van der Waals surface area contributed by atoms with Gasteiger partial charge in [-0.15, -0.1) is 0 Å². The summed E-state index contributed by atoms with van der Waals surface area (Å²) in [5.74, 6) is 1.28. The molecule has 0 radical (unpaired) electrons. The molecule has 0 atom stereocenters. The van der Waals surface area contributed by atoms with Gasteiger partial charge in [-0.25, -0.2) is 15.0 Å². The minimum absolute atomic E-state index is 0.616. The summed E-state index contributed by atoms with van der Waals surface area (Å²) in [6, 6.07) is 37.2. The van der Waals surface area contributed by atoms with Crippen molar-refractivity contribution in [3.8, 4) is 39.8 Å². The molecule has 0 saturated heterocycles. The third kappa shape index (κ3) is 4.37. The third-order valence-corrected chi connectivity index (χ3v) is 8.39. The van der Waals surface area contributed by atoms with Crippen LogP contribution in [0.2, 0.25) is 0 Å². The van der Waals surface area contributed by atoms with Crippen molar-refractivity contribution < 1.29 is 4.42 Å². The molecule has 7 heteroatoms. The molecule has 0 aliphatic carbocycles. The molecule has 5 heterocycles. The Morgan fingerprint density at radius 2 is 1.50 bits per heavy atom.